The van der Waals surface area contributed by atoms with E-state index in [4.69, 9.17) is 15.0 Å². The Labute approximate surface area is 387 Å². The molecule has 4 nitrogen and oxygen atoms in total. The Hall–Kier alpha value is -8.99. The maximum absolute atomic E-state index is 5.45. The molecule has 13 aromatic rings. The first-order valence-electron chi connectivity index (χ1n) is 22.8. The molecule has 0 aliphatic rings. The standard InChI is InChI=1S/C63H40N4/c1-2-17-41(18-3-1)46-23-14-24-47(39-46)62-64-61(45-37-35-44(36-38-45)49-31-15-21-42-19-4-6-25-48(42)49)65-63(66-62)56-40-59(67-57-33-12-10-28-52(57)53-29-11-13-34-58(53)67)60(55-30-9-8-27-51(55)56)54-32-16-22-43-20-5-7-26-50(43)54/h1-40H. The second-order valence-electron chi connectivity index (χ2n) is 17.1. The number of para-hydroxylation sites is 2. The van der Waals surface area contributed by atoms with E-state index in [0.29, 0.717) is 17.5 Å². The van der Waals surface area contributed by atoms with Crippen LogP contribution in [0.2, 0.25) is 0 Å². The summed E-state index contributed by atoms with van der Waals surface area (Å²) < 4.78 is 2.44. The third-order valence-electron chi connectivity index (χ3n) is 13.3. The van der Waals surface area contributed by atoms with Gasteiger partial charge < -0.3 is 4.57 Å². The minimum Gasteiger partial charge on any atom is -0.309 e. The van der Waals surface area contributed by atoms with Crippen molar-refractivity contribution in [3.63, 3.8) is 0 Å². The van der Waals surface area contributed by atoms with Gasteiger partial charge in [0.05, 0.1) is 16.7 Å². The maximum Gasteiger partial charge on any atom is 0.164 e. The highest BCUT2D eigenvalue weighted by Gasteiger charge is 2.24. The van der Waals surface area contributed by atoms with Crippen molar-refractivity contribution in [3.05, 3.63) is 243 Å². The normalized spacial score (nSPS) is 11.6. The highest BCUT2D eigenvalue weighted by atomic mass is 15.0. The molecule has 0 spiro atoms. The van der Waals surface area contributed by atoms with Gasteiger partial charge in [-0.1, -0.05) is 218 Å². The molecule has 0 unspecified atom stereocenters. The summed E-state index contributed by atoms with van der Waals surface area (Å²) in [4.78, 5) is 16.2. The SMILES string of the molecule is c1ccc(-c2cccc(-c3nc(-c4ccc(-c5cccc6ccccc56)cc4)nc(-c4cc(-n5c6ccccc6c6ccccc65)c(-c5cccc6ccccc56)c5ccccc45)n3)c2)cc1. The lowest BCUT2D eigenvalue weighted by Crippen LogP contribution is -2.04. The average molecular weight is 853 g/mol. The summed E-state index contributed by atoms with van der Waals surface area (Å²) in [5.74, 6) is 1.82. The molecule has 0 N–H and O–H groups in total. The van der Waals surface area contributed by atoms with Crippen molar-refractivity contribution in [3.8, 4) is 73.2 Å². The molecule has 0 saturated heterocycles. The zero-order valence-electron chi connectivity index (χ0n) is 36.4. The van der Waals surface area contributed by atoms with Gasteiger partial charge in [0.15, 0.2) is 17.5 Å². The van der Waals surface area contributed by atoms with E-state index < -0.39 is 0 Å². The lowest BCUT2D eigenvalue weighted by molar-refractivity contribution is 1.07. The molecule has 0 amide bonds. The van der Waals surface area contributed by atoms with Gasteiger partial charge in [-0.15, -0.1) is 0 Å². The van der Waals surface area contributed by atoms with Crippen LogP contribution in [0, 0.1) is 0 Å². The van der Waals surface area contributed by atoms with Gasteiger partial charge in [-0.2, -0.15) is 0 Å². The molecule has 11 aromatic carbocycles. The second-order valence-corrected chi connectivity index (χ2v) is 17.1. The maximum atomic E-state index is 5.45. The monoisotopic (exact) mass is 852 g/mol. The summed E-state index contributed by atoms with van der Waals surface area (Å²) >= 11 is 0. The van der Waals surface area contributed by atoms with Gasteiger partial charge in [-0.25, -0.2) is 15.0 Å². The van der Waals surface area contributed by atoms with Crippen molar-refractivity contribution in [2.45, 2.75) is 0 Å². The van der Waals surface area contributed by atoms with Gasteiger partial charge in [0.25, 0.3) is 0 Å². The molecule has 4 heteroatoms. The van der Waals surface area contributed by atoms with Crippen LogP contribution in [-0.4, -0.2) is 19.5 Å². The Kier molecular flexibility index (Phi) is 9.14. The minimum absolute atomic E-state index is 0.603. The van der Waals surface area contributed by atoms with E-state index in [2.05, 4.69) is 241 Å². The largest absolute Gasteiger partial charge is 0.309 e. The molecule has 0 fully saturated rings. The molecule has 2 aromatic heterocycles. The van der Waals surface area contributed by atoms with Crippen LogP contribution >= 0.6 is 0 Å². The van der Waals surface area contributed by atoms with Crippen molar-refractivity contribution >= 4 is 54.1 Å². The highest BCUT2D eigenvalue weighted by molar-refractivity contribution is 6.15. The minimum atomic E-state index is 0.603. The van der Waals surface area contributed by atoms with Crippen LogP contribution in [0.5, 0.6) is 0 Å². The van der Waals surface area contributed by atoms with Gasteiger partial charge in [-0.3, -0.25) is 0 Å². The highest BCUT2D eigenvalue weighted by Crippen LogP contribution is 2.45. The van der Waals surface area contributed by atoms with E-state index in [0.717, 1.165) is 66.4 Å². The summed E-state index contributed by atoms with van der Waals surface area (Å²) in [5.41, 5.74) is 12.9. The van der Waals surface area contributed by atoms with Gasteiger partial charge in [0, 0.05) is 33.0 Å². The molecular weight excluding hydrogens is 813 g/mol. The third kappa shape index (κ3) is 6.57. The number of aromatic nitrogens is 4. The Morgan fingerprint density at radius 1 is 0.254 bits per heavy atom. The Bertz CT molecular complexity index is 3970. The molecule has 13 rings (SSSR count). The topological polar surface area (TPSA) is 43.6 Å². The number of hydrogen-bond donors (Lipinski definition) is 0. The quantitative estimate of drug-likeness (QED) is 0.160. The van der Waals surface area contributed by atoms with E-state index in [1.165, 1.54) is 43.4 Å². The molecule has 67 heavy (non-hydrogen) atoms. The summed E-state index contributed by atoms with van der Waals surface area (Å²) in [7, 11) is 0. The van der Waals surface area contributed by atoms with Crippen LogP contribution in [0.1, 0.15) is 0 Å². The molecular formula is C63H40N4. The van der Waals surface area contributed by atoms with E-state index in [1.54, 1.807) is 0 Å². The van der Waals surface area contributed by atoms with Crippen molar-refractivity contribution < 1.29 is 0 Å². The fraction of sp³-hybridized carbons (Fsp3) is 0. The summed E-state index contributed by atoms with van der Waals surface area (Å²) in [6, 6.07) is 86.6. The van der Waals surface area contributed by atoms with Crippen LogP contribution in [0.25, 0.3) is 127 Å². The fourth-order valence-electron chi connectivity index (χ4n) is 10.1. The fourth-order valence-corrected chi connectivity index (χ4v) is 10.1. The lowest BCUT2D eigenvalue weighted by Gasteiger charge is -2.21. The number of rotatable bonds is 7. The van der Waals surface area contributed by atoms with Crippen molar-refractivity contribution in [1.29, 1.82) is 0 Å². The van der Waals surface area contributed by atoms with Gasteiger partial charge in [0.2, 0.25) is 0 Å². The van der Waals surface area contributed by atoms with E-state index in [-0.39, 0.29) is 0 Å². The van der Waals surface area contributed by atoms with Crippen molar-refractivity contribution in [2.24, 2.45) is 0 Å². The van der Waals surface area contributed by atoms with Crippen LogP contribution in [-0.2, 0) is 0 Å². The Morgan fingerprint density at radius 2 is 0.716 bits per heavy atom. The summed E-state index contributed by atoms with van der Waals surface area (Å²) in [5, 5.41) is 9.39. The van der Waals surface area contributed by atoms with Crippen LogP contribution in [0.3, 0.4) is 0 Å². The van der Waals surface area contributed by atoms with Gasteiger partial charge in [0.1, 0.15) is 0 Å². The number of nitrogens with zero attached hydrogens (tertiary/aromatic N) is 4. The molecule has 2 heterocycles. The molecule has 0 aliphatic heterocycles. The summed E-state index contributed by atoms with van der Waals surface area (Å²) in [6.45, 7) is 0. The average Bonchev–Trinajstić information content (AvgIpc) is 3.74. The predicted molar refractivity (Wildman–Crippen MR) is 279 cm³/mol. The van der Waals surface area contributed by atoms with Crippen molar-refractivity contribution in [2.75, 3.05) is 0 Å². The zero-order chi connectivity index (χ0) is 44.3. The molecule has 312 valence electrons. The smallest absolute Gasteiger partial charge is 0.164 e. The van der Waals surface area contributed by atoms with Gasteiger partial charge in [-0.05, 0) is 84.4 Å². The van der Waals surface area contributed by atoms with Crippen LogP contribution in [0.15, 0.2) is 243 Å². The van der Waals surface area contributed by atoms with Crippen LogP contribution < -0.4 is 0 Å². The van der Waals surface area contributed by atoms with E-state index in [9.17, 15) is 0 Å². The van der Waals surface area contributed by atoms with E-state index >= 15 is 0 Å². The molecule has 0 atom stereocenters. The summed E-state index contributed by atoms with van der Waals surface area (Å²) in [6.07, 6.45) is 0. The first kappa shape index (κ1) is 38.5. The second kappa shape index (κ2) is 15.9. The number of fused-ring (bicyclic) bond motifs is 6. The first-order valence-corrected chi connectivity index (χ1v) is 22.8. The molecule has 0 bridgehead atoms. The first-order chi connectivity index (χ1) is 33.2. The number of benzene rings is 11. The van der Waals surface area contributed by atoms with Crippen molar-refractivity contribution in [1.82, 2.24) is 19.5 Å². The Balaban J connectivity index is 1.09. The zero-order valence-corrected chi connectivity index (χ0v) is 36.4. The van der Waals surface area contributed by atoms with E-state index in [1.807, 2.05) is 6.07 Å². The lowest BCUT2D eigenvalue weighted by atomic mass is 9.90. The van der Waals surface area contributed by atoms with Crippen LogP contribution in [0.4, 0.5) is 0 Å². The predicted octanol–water partition coefficient (Wildman–Crippen LogP) is 16.4. The van der Waals surface area contributed by atoms with Gasteiger partial charge >= 0.3 is 0 Å². The third-order valence-corrected chi connectivity index (χ3v) is 13.3. The molecule has 0 saturated carbocycles. The molecule has 0 aliphatic carbocycles. The number of hydrogen-bond acceptors (Lipinski definition) is 3. The molecule has 0 radical (unpaired) electrons. The Morgan fingerprint density at radius 3 is 1.40 bits per heavy atom.